The monoisotopic (exact) mass is 510 g/mol. The summed E-state index contributed by atoms with van der Waals surface area (Å²) in [6, 6.07) is 19.6. The first-order chi connectivity index (χ1) is 17.3. The minimum atomic E-state index is -1.12. The molecule has 0 radical (unpaired) electrons. The number of benzene rings is 3. The zero-order chi connectivity index (χ0) is 25.8. The summed E-state index contributed by atoms with van der Waals surface area (Å²) in [5, 5.41) is 9.64. The van der Waals surface area contributed by atoms with Crippen LogP contribution in [0.25, 0.3) is 0 Å². The molecule has 0 unspecified atom stereocenters. The van der Waals surface area contributed by atoms with Gasteiger partial charge in [0.1, 0.15) is 5.82 Å². The van der Waals surface area contributed by atoms with Crippen molar-refractivity contribution in [2.75, 3.05) is 13.7 Å². The van der Waals surface area contributed by atoms with E-state index >= 15 is 0 Å². The molecule has 188 valence electrons. The standard InChI is InChI=1S/C29H28ClFO5/c1-17(2)22-15-23(18-7-5-4-6-8-18)27(19-9-11-21(31)12-10-19)36-28(22)24-13-20(30)14-25(34-3)29(24)35-16-26(32)33/h4-14,22-23,27-28H,1,15-16H2,2-3H3,(H,32,33)/t22-,23-,27+,28+/m1/s1. The van der Waals surface area contributed by atoms with E-state index in [4.69, 9.17) is 25.8 Å². The van der Waals surface area contributed by atoms with Gasteiger partial charge in [-0.2, -0.15) is 0 Å². The van der Waals surface area contributed by atoms with Gasteiger partial charge in [-0.15, -0.1) is 0 Å². The molecule has 4 rings (SSSR count). The summed E-state index contributed by atoms with van der Waals surface area (Å²) in [7, 11) is 1.47. The van der Waals surface area contributed by atoms with E-state index in [9.17, 15) is 14.3 Å². The SMILES string of the molecule is C=C(C)[C@H]1C[C@H](c2ccccc2)[C@H](c2ccc(F)cc2)O[C@@H]1c1cc(Cl)cc(OC)c1OCC(=O)O. The maximum atomic E-state index is 13.8. The van der Waals surface area contributed by atoms with Gasteiger partial charge in [-0.1, -0.05) is 66.2 Å². The number of rotatable bonds is 8. The van der Waals surface area contributed by atoms with Gasteiger partial charge in [0.25, 0.3) is 0 Å². The molecular weight excluding hydrogens is 483 g/mol. The average Bonchev–Trinajstić information content (AvgIpc) is 2.87. The van der Waals surface area contributed by atoms with Gasteiger partial charge in [-0.25, -0.2) is 9.18 Å². The predicted molar refractivity (Wildman–Crippen MR) is 136 cm³/mol. The molecule has 7 heteroatoms. The largest absolute Gasteiger partial charge is 0.493 e. The van der Waals surface area contributed by atoms with E-state index in [1.165, 1.54) is 19.2 Å². The zero-order valence-corrected chi connectivity index (χ0v) is 20.9. The number of halogens is 2. The van der Waals surface area contributed by atoms with Crippen molar-refractivity contribution in [3.8, 4) is 11.5 Å². The normalized spacial score (nSPS) is 21.6. The summed E-state index contributed by atoms with van der Waals surface area (Å²) in [5.41, 5.74) is 3.41. The summed E-state index contributed by atoms with van der Waals surface area (Å²) in [5.74, 6) is -1.04. The van der Waals surface area contributed by atoms with E-state index < -0.39 is 24.8 Å². The lowest BCUT2D eigenvalue weighted by Crippen LogP contribution is -2.32. The molecule has 0 spiro atoms. The van der Waals surface area contributed by atoms with Gasteiger partial charge in [-0.05, 0) is 42.7 Å². The fourth-order valence-corrected chi connectivity index (χ4v) is 5.05. The number of carboxylic acids is 1. The Morgan fingerprint density at radius 3 is 2.42 bits per heavy atom. The number of methoxy groups -OCH3 is 1. The third-order valence-electron chi connectivity index (χ3n) is 6.51. The first kappa shape index (κ1) is 25.7. The average molecular weight is 511 g/mol. The van der Waals surface area contributed by atoms with Crippen molar-refractivity contribution in [1.82, 2.24) is 0 Å². The van der Waals surface area contributed by atoms with Crippen molar-refractivity contribution in [2.24, 2.45) is 5.92 Å². The van der Waals surface area contributed by atoms with Gasteiger partial charge in [0.05, 0.1) is 19.3 Å². The van der Waals surface area contributed by atoms with Crippen LogP contribution in [-0.4, -0.2) is 24.8 Å². The van der Waals surface area contributed by atoms with Crippen molar-refractivity contribution in [2.45, 2.75) is 31.5 Å². The molecule has 5 nitrogen and oxygen atoms in total. The summed E-state index contributed by atoms with van der Waals surface area (Å²) < 4.78 is 31.7. The van der Waals surface area contributed by atoms with Crippen molar-refractivity contribution in [1.29, 1.82) is 0 Å². The summed E-state index contributed by atoms with van der Waals surface area (Å²) in [6.07, 6.45) is -0.279. The predicted octanol–water partition coefficient (Wildman–Crippen LogP) is 7.13. The fourth-order valence-electron chi connectivity index (χ4n) is 4.83. The second-order valence-corrected chi connectivity index (χ2v) is 9.38. The van der Waals surface area contributed by atoms with Crippen molar-refractivity contribution >= 4 is 17.6 Å². The Hall–Kier alpha value is -3.35. The molecule has 4 atom stereocenters. The van der Waals surface area contributed by atoms with Gasteiger partial charge >= 0.3 is 5.97 Å². The highest BCUT2D eigenvalue weighted by Crippen LogP contribution is 2.54. The molecule has 0 saturated carbocycles. The minimum absolute atomic E-state index is 0.0286. The maximum Gasteiger partial charge on any atom is 0.341 e. The lowest BCUT2D eigenvalue weighted by atomic mass is 9.74. The smallest absolute Gasteiger partial charge is 0.341 e. The van der Waals surface area contributed by atoms with Gasteiger partial charge in [-0.3, -0.25) is 0 Å². The molecular formula is C29H28ClFO5. The maximum absolute atomic E-state index is 13.8. The van der Waals surface area contributed by atoms with Crippen LogP contribution in [0.1, 0.15) is 48.2 Å². The molecule has 0 aliphatic carbocycles. The number of ether oxygens (including phenoxy) is 3. The number of hydrogen-bond donors (Lipinski definition) is 1. The summed E-state index contributed by atoms with van der Waals surface area (Å²) in [6.45, 7) is 5.63. The Morgan fingerprint density at radius 1 is 1.11 bits per heavy atom. The van der Waals surface area contributed by atoms with Crippen LogP contribution in [0.3, 0.4) is 0 Å². The second kappa shape index (κ2) is 11.1. The van der Waals surface area contributed by atoms with Gasteiger partial charge < -0.3 is 19.3 Å². The van der Waals surface area contributed by atoms with Crippen molar-refractivity contribution < 1.29 is 28.5 Å². The van der Waals surface area contributed by atoms with Crippen LogP contribution < -0.4 is 9.47 Å². The van der Waals surface area contributed by atoms with Crippen LogP contribution in [0.5, 0.6) is 11.5 Å². The molecule has 0 aromatic heterocycles. The van der Waals surface area contributed by atoms with Gasteiger partial charge in [0, 0.05) is 28.5 Å². The van der Waals surface area contributed by atoms with Gasteiger partial charge in [0.2, 0.25) is 0 Å². The molecule has 0 bridgehead atoms. The highest BCUT2D eigenvalue weighted by atomic mass is 35.5. The Labute approximate surface area is 215 Å². The molecule has 1 heterocycles. The molecule has 36 heavy (non-hydrogen) atoms. The van der Waals surface area contributed by atoms with Crippen LogP contribution in [0, 0.1) is 11.7 Å². The zero-order valence-electron chi connectivity index (χ0n) is 20.1. The van der Waals surface area contributed by atoms with E-state index in [-0.39, 0.29) is 23.4 Å². The fraction of sp³-hybridized carbons (Fsp3) is 0.276. The van der Waals surface area contributed by atoms with Crippen LogP contribution in [-0.2, 0) is 9.53 Å². The topological polar surface area (TPSA) is 65.0 Å². The van der Waals surface area contributed by atoms with Crippen LogP contribution in [0.2, 0.25) is 5.02 Å². The summed E-state index contributed by atoms with van der Waals surface area (Å²) >= 11 is 6.43. The molecule has 1 aliphatic heterocycles. The quantitative estimate of drug-likeness (QED) is 0.326. The molecule has 1 N–H and O–H groups in total. The lowest BCUT2D eigenvalue weighted by Gasteiger charge is -2.43. The molecule has 1 fully saturated rings. The van der Waals surface area contributed by atoms with Crippen molar-refractivity contribution in [3.05, 3.63) is 106 Å². The number of carbonyl (C=O) groups is 1. The molecule has 3 aromatic carbocycles. The van der Waals surface area contributed by atoms with E-state index in [0.29, 0.717) is 22.8 Å². The van der Waals surface area contributed by atoms with E-state index in [0.717, 1.165) is 16.7 Å². The Morgan fingerprint density at radius 2 is 1.81 bits per heavy atom. The summed E-state index contributed by atoms with van der Waals surface area (Å²) in [4.78, 5) is 11.3. The van der Waals surface area contributed by atoms with Crippen molar-refractivity contribution in [3.63, 3.8) is 0 Å². The number of hydrogen-bond acceptors (Lipinski definition) is 4. The molecule has 0 amide bonds. The Bertz CT molecular complexity index is 1230. The Balaban J connectivity index is 1.84. The highest BCUT2D eigenvalue weighted by Gasteiger charge is 2.42. The molecule has 1 aliphatic rings. The number of carboxylic acid groups (broad SMARTS) is 1. The van der Waals surface area contributed by atoms with Crippen LogP contribution in [0.15, 0.2) is 78.9 Å². The van der Waals surface area contributed by atoms with Gasteiger partial charge in [0.15, 0.2) is 18.1 Å². The Kier molecular flexibility index (Phi) is 7.97. The third-order valence-corrected chi connectivity index (χ3v) is 6.72. The molecule has 3 aromatic rings. The first-order valence-corrected chi connectivity index (χ1v) is 12.0. The minimum Gasteiger partial charge on any atom is -0.493 e. The van der Waals surface area contributed by atoms with Crippen LogP contribution in [0.4, 0.5) is 4.39 Å². The highest BCUT2D eigenvalue weighted by molar-refractivity contribution is 6.30. The first-order valence-electron chi connectivity index (χ1n) is 11.6. The van der Waals surface area contributed by atoms with E-state index in [1.807, 2.05) is 25.1 Å². The van der Waals surface area contributed by atoms with E-state index in [2.05, 4.69) is 18.7 Å². The third kappa shape index (κ3) is 5.55. The lowest BCUT2D eigenvalue weighted by molar-refractivity contribution is -0.139. The molecule has 1 saturated heterocycles. The van der Waals surface area contributed by atoms with Crippen LogP contribution >= 0.6 is 11.6 Å². The number of aliphatic carboxylic acids is 1. The second-order valence-electron chi connectivity index (χ2n) is 8.94. The van der Waals surface area contributed by atoms with E-state index in [1.54, 1.807) is 24.3 Å².